The number of anilines is 2. The van der Waals surface area contributed by atoms with Crippen LogP contribution in [-0.4, -0.2) is 33.7 Å². The number of nitrogens with zero attached hydrogens (tertiary/aromatic N) is 1. The molecule has 1 amide bonds. The molecule has 6 nitrogen and oxygen atoms in total. The predicted octanol–water partition coefficient (Wildman–Crippen LogP) is 2.81. The molecule has 1 saturated heterocycles. The van der Waals surface area contributed by atoms with Crippen molar-refractivity contribution in [2.75, 3.05) is 29.0 Å². The Balaban J connectivity index is 1.58. The molecule has 2 aromatic rings. The molecule has 3 rings (SSSR count). The molecule has 0 spiro atoms. The second-order valence-corrected chi connectivity index (χ2v) is 8.16. The number of ether oxygens (including phenoxy) is 1. The van der Waals surface area contributed by atoms with Crippen LogP contribution in [0.1, 0.15) is 18.4 Å². The summed E-state index contributed by atoms with van der Waals surface area (Å²) in [5, 5.41) is 2.84. The lowest BCUT2D eigenvalue weighted by Gasteiger charge is -2.17. The second kappa shape index (κ2) is 7.78. The van der Waals surface area contributed by atoms with Gasteiger partial charge in [-0.3, -0.25) is 9.10 Å². The summed E-state index contributed by atoms with van der Waals surface area (Å²) >= 11 is 0. The number of methoxy groups -OCH3 is 1. The fourth-order valence-corrected chi connectivity index (χ4v) is 4.59. The standard InChI is InChI=1S/C19H22N2O4S/c1-25-18-6-3-2-5-15(18)7-12-19(22)20-16-8-10-17(11-9-16)21-13-4-14-26(21,23)24/h2-3,5-6,8-11H,4,7,12-14H2,1H3,(H,20,22). The van der Waals surface area contributed by atoms with Crippen LogP contribution in [0.15, 0.2) is 48.5 Å². The quantitative estimate of drug-likeness (QED) is 0.844. The number of carbonyl (C=O) groups is 1. The maximum atomic E-state index is 12.2. The Labute approximate surface area is 153 Å². The van der Waals surface area contributed by atoms with Gasteiger partial charge in [0.1, 0.15) is 5.75 Å². The largest absolute Gasteiger partial charge is 0.496 e. The molecule has 1 aliphatic heterocycles. The average molecular weight is 374 g/mol. The third-order valence-electron chi connectivity index (χ3n) is 4.35. The number of nitrogens with one attached hydrogen (secondary N) is 1. The molecular formula is C19H22N2O4S. The van der Waals surface area contributed by atoms with Crippen molar-refractivity contribution in [1.82, 2.24) is 0 Å². The van der Waals surface area contributed by atoms with E-state index < -0.39 is 10.0 Å². The molecule has 26 heavy (non-hydrogen) atoms. The lowest BCUT2D eigenvalue weighted by Crippen LogP contribution is -2.25. The molecule has 0 saturated carbocycles. The van der Waals surface area contributed by atoms with Crippen LogP contribution >= 0.6 is 0 Å². The molecule has 0 bridgehead atoms. The van der Waals surface area contributed by atoms with Gasteiger partial charge in [0.25, 0.3) is 0 Å². The monoisotopic (exact) mass is 374 g/mol. The van der Waals surface area contributed by atoms with Crippen molar-refractivity contribution in [1.29, 1.82) is 0 Å². The van der Waals surface area contributed by atoms with E-state index in [1.807, 2.05) is 24.3 Å². The third-order valence-corrected chi connectivity index (χ3v) is 6.22. The van der Waals surface area contributed by atoms with Crippen molar-refractivity contribution in [2.24, 2.45) is 0 Å². The highest BCUT2D eigenvalue weighted by Crippen LogP contribution is 2.25. The number of para-hydroxylation sites is 1. The van der Waals surface area contributed by atoms with Gasteiger partial charge in [0.15, 0.2) is 0 Å². The summed E-state index contributed by atoms with van der Waals surface area (Å²) in [7, 11) is -1.58. The molecule has 0 unspecified atom stereocenters. The SMILES string of the molecule is COc1ccccc1CCC(=O)Nc1ccc(N2CCCS2(=O)=O)cc1. The van der Waals surface area contributed by atoms with Gasteiger partial charge in [-0.1, -0.05) is 18.2 Å². The van der Waals surface area contributed by atoms with Gasteiger partial charge in [-0.2, -0.15) is 0 Å². The van der Waals surface area contributed by atoms with Crippen LogP contribution in [0, 0.1) is 0 Å². The number of hydrogen-bond donors (Lipinski definition) is 1. The number of amides is 1. The Bertz CT molecular complexity index is 879. The molecule has 0 aliphatic carbocycles. The van der Waals surface area contributed by atoms with Gasteiger partial charge in [0, 0.05) is 18.7 Å². The average Bonchev–Trinajstić information content (AvgIpc) is 3.00. The number of aryl methyl sites for hydroxylation is 1. The summed E-state index contributed by atoms with van der Waals surface area (Å²) in [5.41, 5.74) is 2.27. The molecule has 0 radical (unpaired) electrons. The first-order valence-corrected chi connectivity index (χ1v) is 10.1. The van der Waals surface area contributed by atoms with Crippen molar-refractivity contribution < 1.29 is 17.9 Å². The van der Waals surface area contributed by atoms with Crippen molar-refractivity contribution in [3.05, 3.63) is 54.1 Å². The highest BCUT2D eigenvalue weighted by molar-refractivity contribution is 7.93. The second-order valence-electron chi connectivity index (χ2n) is 6.15. The minimum atomic E-state index is -3.19. The van der Waals surface area contributed by atoms with Crippen molar-refractivity contribution in [2.45, 2.75) is 19.3 Å². The molecule has 0 atom stereocenters. The molecule has 1 heterocycles. The predicted molar refractivity (Wildman–Crippen MR) is 102 cm³/mol. The van der Waals surface area contributed by atoms with Crippen LogP contribution in [0.5, 0.6) is 5.75 Å². The van der Waals surface area contributed by atoms with E-state index in [-0.39, 0.29) is 11.7 Å². The summed E-state index contributed by atoms with van der Waals surface area (Å²) in [6.07, 6.45) is 1.56. The van der Waals surface area contributed by atoms with Crippen molar-refractivity contribution >= 4 is 27.3 Å². The van der Waals surface area contributed by atoms with Crippen LogP contribution in [0.3, 0.4) is 0 Å². The van der Waals surface area contributed by atoms with E-state index in [9.17, 15) is 13.2 Å². The zero-order valence-electron chi connectivity index (χ0n) is 14.6. The molecule has 0 aromatic heterocycles. The fraction of sp³-hybridized carbons (Fsp3) is 0.316. The summed E-state index contributed by atoms with van der Waals surface area (Å²) in [5.74, 6) is 0.864. The van der Waals surface area contributed by atoms with E-state index >= 15 is 0 Å². The Kier molecular flexibility index (Phi) is 5.46. The third kappa shape index (κ3) is 4.16. The normalized spacial score (nSPS) is 15.7. The van der Waals surface area contributed by atoms with E-state index in [1.165, 1.54) is 4.31 Å². The van der Waals surface area contributed by atoms with Gasteiger partial charge < -0.3 is 10.1 Å². The minimum absolute atomic E-state index is 0.0996. The maximum Gasteiger partial charge on any atom is 0.235 e. The first-order chi connectivity index (χ1) is 12.5. The van der Waals surface area contributed by atoms with E-state index in [2.05, 4.69) is 5.32 Å². The van der Waals surface area contributed by atoms with Crippen molar-refractivity contribution in [3.63, 3.8) is 0 Å². The Morgan fingerprint density at radius 3 is 2.54 bits per heavy atom. The van der Waals surface area contributed by atoms with Gasteiger partial charge in [-0.15, -0.1) is 0 Å². The van der Waals surface area contributed by atoms with Crippen LogP contribution in [0.4, 0.5) is 11.4 Å². The fourth-order valence-electron chi connectivity index (χ4n) is 3.02. The Morgan fingerprint density at radius 2 is 1.88 bits per heavy atom. The first kappa shape index (κ1) is 18.3. The van der Waals surface area contributed by atoms with Crippen LogP contribution in [0.25, 0.3) is 0 Å². The zero-order valence-corrected chi connectivity index (χ0v) is 15.5. The highest BCUT2D eigenvalue weighted by Gasteiger charge is 2.28. The number of rotatable bonds is 6. The molecule has 1 fully saturated rings. The van der Waals surface area contributed by atoms with Gasteiger partial charge in [0.05, 0.1) is 18.6 Å². The summed E-state index contributed by atoms with van der Waals surface area (Å²) in [4.78, 5) is 12.2. The molecule has 138 valence electrons. The number of hydrogen-bond acceptors (Lipinski definition) is 4. The van der Waals surface area contributed by atoms with E-state index in [0.717, 1.165) is 11.3 Å². The van der Waals surface area contributed by atoms with Gasteiger partial charge in [-0.05, 0) is 48.7 Å². The van der Waals surface area contributed by atoms with Crippen LogP contribution < -0.4 is 14.4 Å². The Hall–Kier alpha value is -2.54. The lowest BCUT2D eigenvalue weighted by atomic mass is 10.1. The van der Waals surface area contributed by atoms with Gasteiger partial charge in [-0.25, -0.2) is 8.42 Å². The lowest BCUT2D eigenvalue weighted by molar-refractivity contribution is -0.116. The van der Waals surface area contributed by atoms with E-state index in [1.54, 1.807) is 31.4 Å². The number of benzene rings is 2. The van der Waals surface area contributed by atoms with Crippen LogP contribution in [-0.2, 0) is 21.2 Å². The summed E-state index contributed by atoms with van der Waals surface area (Å²) in [6.45, 7) is 0.507. The number of carbonyl (C=O) groups excluding carboxylic acids is 1. The number of sulfonamides is 1. The maximum absolute atomic E-state index is 12.2. The van der Waals surface area contributed by atoms with E-state index in [0.29, 0.717) is 37.2 Å². The van der Waals surface area contributed by atoms with Crippen LogP contribution in [0.2, 0.25) is 0 Å². The van der Waals surface area contributed by atoms with Gasteiger partial charge >= 0.3 is 0 Å². The van der Waals surface area contributed by atoms with E-state index in [4.69, 9.17) is 4.74 Å². The first-order valence-electron chi connectivity index (χ1n) is 8.52. The molecule has 2 aromatic carbocycles. The van der Waals surface area contributed by atoms with Gasteiger partial charge in [0.2, 0.25) is 15.9 Å². The minimum Gasteiger partial charge on any atom is -0.496 e. The topological polar surface area (TPSA) is 75.7 Å². The zero-order chi connectivity index (χ0) is 18.6. The molecule has 7 heteroatoms. The highest BCUT2D eigenvalue weighted by atomic mass is 32.2. The molecular weight excluding hydrogens is 352 g/mol. The molecule has 1 N–H and O–H groups in total. The molecule has 1 aliphatic rings. The summed E-state index contributed by atoms with van der Waals surface area (Å²) < 4.78 is 30.6. The smallest absolute Gasteiger partial charge is 0.235 e. The Morgan fingerprint density at radius 1 is 1.15 bits per heavy atom. The summed E-state index contributed by atoms with van der Waals surface area (Å²) in [6, 6.07) is 14.5. The van der Waals surface area contributed by atoms with Crippen molar-refractivity contribution in [3.8, 4) is 5.75 Å².